The third-order valence-electron chi connectivity index (χ3n) is 5.28. The van der Waals surface area contributed by atoms with Crippen LogP contribution in [0.15, 0.2) is 61.2 Å². The highest BCUT2D eigenvalue weighted by Gasteiger charge is 2.51. The molecule has 0 saturated carbocycles. The molecular weight excluding hydrogens is 256 g/mol. The minimum Gasteiger partial charge on any atom is -0.293 e. The van der Waals surface area contributed by atoms with Gasteiger partial charge in [-0.25, -0.2) is 0 Å². The van der Waals surface area contributed by atoms with E-state index in [4.69, 9.17) is 0 Å². The lowest BCUT2D eigenvalue weighted by Gasteiger charge is -2.40. The molecular formula is C20H18O. The Morgan fingerprint density at radius 2 is 1.76 bits per heavy atom. The first-order chi connectivity index (χ1) is 10.3. The van der Waals surface area contributed by atoms with Gasteiger partial charge in [0.2, 0.25) is 0 Å². The molecule has 1 nitrogen and oxygen atoms in total. The van der Waals surface area contributed by atoms with Crippen molar-refractivity contribution in [2.45, 2.75) is 25.2 Å². The minimum absolute atomic E-state index is 0.127. The summed E-state index contributed by atoms with van der Waals surface area (Å²) in [6.45, 7) is 4.05. The van der Waals surface area contributed by atoms with Crippen molar-refractivity contribution in [3.63, 3.8) is 0 Å². The SMILES string of the molecule is C=C[C@@H]1c2ccccc2CC[C@]12Cc1ccccc1C2=O. The monoisotopic (exact) mass is 274 g/mol. The van der Waals surface area contributed by atoms with Gasteiger partial charge in [-0.1, -0.05) is 54.6 Å². The van der Waals surface area contributed by atoms with E-state index in [1.807, 2.05) is 24.3 Å². The first-order valence-corrected chi connectivity index (χ1v) is 7.59. The van der Waals surface area contributed by atoms with Gasteiger partial charge in [-0.05, 0) is 36.0 Å². The van der Waals surface area contributed by atoms with Gasteiger partial charge in [-0.2, -0.15) is 0 Å². The molecule has 0 bridgehead atoms. The predicted molar refractivity (Wildman–Crippen MR) is 84.6 cm³/mol. The minimum atomic E-state index is -0.306. The van der Waals surface area contributed by atoms with Gasteiger partial charge < -0.3 is 0 Å². The molecule has 2 aliphatic carbocycles. The Labute approximate surface area is 125 Å². The number of carbonyl (C=O) groups excluding carboxylic acids is 1. The first kappa shape index (κ1) is 12.6. The summed E-state index contributed by atoms with van der Waals surface area (Å²) in [5, 5.41) is 0. The van der Waals surface area contributed by atoms with Crippen molar-refractivity contribution in [2.24, 2.45) is 5.41 Å². The van der Waals surface area contributed by atoms with Crippen LogP contribution < -0.4 is 0 Å². The van der Waals surface area contributed by atoms with Crippen LogP contribution in [0.25, 0.3) is 0 Å². The number of carbonyl (C=O) groups is 1. The van der Waals surface area contributed by atoms with Crippen LogP contribution in [-0.4, -0.2) is 5.78 Å². The van der Waals surface area contributed by atoms with E-state index in [1.54, 1.807) is 0 Å². The second-order valence-electron chi connectivity index (χ2n) is 6.23. The molecule has 4 rings (SSSR count). The maximum atomic E-state index is 13.1. The molecule has 1 spiro atoms. The van der Waals surface area contributed by atoms with Crippen LogP contribution in [0.2, 0.25) is 0 Å². The van der Waals surface area contributed by atoms with Crippen LogP contribution in [0.1, 0.15) is 39.4 Å². The van der Waals surface area contributed by atoms with Crippen LogP contribution in [0.5, 0.6) is 0 Å². The molecule has 0 fully saturated rings. The highest BCUT2D eigenvalue weighted by atomic mass is 16.1. The summed E-state index contributed by atoms with van der Waals surface area (Å²) in [5.41, 5.74) is 4.48. The van der Waals surface area contributed by atoms with E-state index in [0.29, 0.717) is 5.78 Å². The average Bonchev–Trinajstić information content (AvgIpc) is 2.81. The summed E-state index contributed by atoms with van der Waals surface area (Å²) in [7, 11) is 0. The Hall–Kier alpha value is -2.15. The number of ketones is 1. The number of hydrogen-bond acceptors (Lipinski definition) is 1. The second-order valence-corrected chi connectivity index (χ2v) is 6.23. The molecule has 0 radical (unpaired) electrons. The van der Waals surface area contributed by atoms with E-state index >= 15 is 0 Å². The highest BCUT2D eigenvalue weighted by Crippen LogP contribution is 2.53. The van der Waals surface area contributed by atoms with E-state index in [1.165, 1.54) is 16.7 Å². The smallest absolute Gasteiger partial charge is 0.170 e. The van der Waals surface area contributed by atoms with Gasteiger partial charge in [0.15, 0.2) is 5.78 Å². The van der Waals surface area contributed by atoms with Crippen molar-refractivity contribution in [1.82, 2.24) is 0 Å². The highest BCUT2D eigenvalue weighted by molar-refractivity contribution is 6.06. The predicted octanol–water partition coefficient (Wildman–Crippen LogP) is 4.33. The van der Waals surface area contributed by atoms with Crippen molar-refractivity contribution in [3.05, 3.63) is 83.4 Å². The molecule has 0 saturated heterocycles. The van der Waals surface area contributed by atoms with E-state index in [0.717, 1.165) is 24.8 Å². The summed E-state index contributed by atoms with van der Waals surface area (Å²) in [6.07, 6.45) is 4.75. The summed E-state index contributed by atoms with van der Waals surface area (Å²) in [6, 6.07) is 16.6. The third-order valence-corrected chi connectivity index (χ3v) is 5.28. The number of hydrogen-bond donors (Lipinski definition) is 0. The van der Waals surface area contributed by atoms with Gasteiger partial charge in [-0.3, -0.25) is 4.79 Å². The third kappa shape index (κ3) is 1.61. The van der Waals surface area contributed by atoms with E-state index < -0.39 is 0 Å². The summed E-state index contributed by atoms with van der Waals surface area (Å²) >= 11 is 0. The maximum Gasteiger partial charge on any atom is 0.170 e. The van der Waals surface area contributed by atoms with Crippen LogP contribution in [0.4, 0.5) is 0 Å². The summed E-state index contributed by atoms with van der Waals surface area (Å²) < 4.78 is 0. The topological polar surface area (TPSA) is 17.1 Å². The van der Waals surface area contributed by atoms with Gasteiger partial charge >= 0.3 is 0 Å². The van der Waals surface area contributed by atoms with E-state index in [9.17, 15) is 4.79 Å². The molecule has 2 aromatic carbocycles. The first-order valence-electron chi connectivity index (χ1n) is 7.59. The fraction of sp³-hybridized carbons (Fsp3) is 0.250. The lowest BCUT2D eigenvalue weighted by atomic mass is 9.62. The van der Waals surface area contributed by atoms with Crippen molar-refractivity contribution in [2.75, 3.05) is 0 Å². The number of Topliss-reactive ketones (excluding diaryl/α,β-unsaturated/α-hetero) is 1. The molecule has 0 unspecified atom stereocenters. The number of rotatable bonds is 1. The van der Waals surface area contributed by atoms with Gasteiger partial charge in [0.05, 0.1) is 0 Å². The molecule has 0 aliphatic heterocycles. The number of benzene rings is 2. The van der Waals surface area contributed by atoms with Crippen molar-refractivity contribution < 1.29 is 4.79 Å². The van der Waals surface area contributed by atoms with Crippen LogP contribution in [0.3, 0.4) is 0 Å². The molecule has 21 heavy (non-hydrogen) atoms. The lowest BCUT2D eigenvalue weighted by molar-refractivity contribution is 0.0767. The Bertz CT molecular complexity index is 743. The standard InChI is InChI=1S/C20H18O/c1-2-18-16-9-5-3-7-14(16)11-12-20(18)13-15-8-4-6-10-17(15)19(20)21/h2-10,18H,1,11-13H2/t18-,20+/m1/s1. The van der Waals surface area contributed by atoms with Gasteiger partial charge in [0.25, 0.3) is 0 Å². The van der Waals surface area contributed by atoms with Crippen LogP contribution >= 0.6 is 0 Å². The van der Waals surface area contributed by atoms with Gasteiger partial charge in [-0.15, -0.1) is 6.58 Å². The molecule has 104 valence electrons. The normalized spacial score (nSPS) is 26.5. The summed E-state index contributed by atoms with van der Waals surface area (Å²) in [4.78, 5) is 13.1. The fourth-order valence-electron chi connectivity index (χ4n) is 4.27. The second kappa shape index (κ2) is 4.42. The van der Waals surface area contributed by atoms with Gasteiger partial charge in [0, 0.05) is 16.9 Å². The van der Waals surface area contributed by atoms with E-state index in [-0.39, 0.29) is 11.3 Å². The average molecular weight is 274 g/mol. The molecule has 1 heteroatoms. The number of allylic oxidation sites excluding steroid dienone is 1. The molecule has 0 heterocycles. The molecule has 2 atom stereocenters. The maximum absolute atomic E-state index is 13.1. The largest absolute Gasteiger partial charge is 0.293 e. The Morgan fingerprint density at radius 1 is 1.05 bits per heavy atom. The van der Waals surface area contributed by atoms with E-state index in [2.05, 4.69) is 36.9 Å². The van der Waals surface area contributed by atoms with Crippen molar-refractivity contribution >= 4 is 5.78 Å². The Morgan fingerprint density at radius 3 is 2.52 bits per heavy atom. The lowest BCUT2D eigenvalue weighted by Crippen LogP contribution is -2.38. The zero-order valence-corrected chi connectivity index (χ0v) is 12.0. The number of aryl methyl sites for hydroxylation is 1. The molecule has 0 aromatic heterocycles. The Balaban J connectivity index is 1.87. The van der Waals surface area contributed by atoms with Gasteiger partial charge in [0.1, 0.15) is 0 Å². The van der Waals surface area contributed by atoms with Crippen LogP contribution in [-0.2, 0) is 12.8 Å². The van der Waals surface area contributed by atoms with Crippen LogP contribution in [0, 0.1) is 5.41 Å². The van der Waals surface area contributed by atoms with Crippen molar-refractivity contribution in [1.29, 1.82) is 0 Å². The molecule has 2 aromatic rings. The zero-order valence-electron chi connectivity index (χ0n) is 12.0. The Kier molecular flexibility index (Phi) is 2.65. The quantitative estimate of drug-likeness (QED) is 0.707. The van der Waals surface area contributed by atoms with Crippen molar-refractivity contribution in [3.8, 4) is 0 Å². The molecule has 0 amide bonds. The molecule has 2 aliphatic rings. The number of fused-ring (bicyclic) bond motifs is 2. The molecule has 0 N–H and O–H groups in total. The fourth-order valence-corrected chi connectivity index (χ4v) is 4.27. The zero-order chi connectivity index (χ0) is 14.4. The summed E-state index contributed by atoms with van der Waals surface area (Å²) in [5.74, 6) is 0.444.